The lowest BCUT2D eigenvalue weighted by molar-refractivity contribution is -0.137. The molecule has 0 aromatic heterocycles. The summed E-state index contributed by atoms with van der Waals surface area (Å²) in [6.45, 7) is 0. The molecule has 0 spiro atoms. The van der Waals surface area contributed by atoms with Crippen molar-refractivity contribution in [1.82, 2.24) is 0 Å². The number of hydrogen-bond acceptors (Lipinski definition) is 4. The largest absolute Gasteiger partial charge is 0.768 e. The van der Waals surface area contributed by atoms with Gasteiger partial charge >= 0.3 is 12.4 Å². The fourth-order valence-electron chi connectivity index (χ4n) is 3.00. The summed E-state index contributed by atoms with van der Waals surface area (Å²) in [5, 5.41) is 0. The molecule has 0 saturated carbocycles. The first-order valence-corrected chi connectivity index (χ1v) is 10.5. The third-order valence-electron chi connectivity index (χ3n) is 4.60. The second kappa shape index (κ2) is 9.82. The number of nitrogens with two attached hydrogens (primary N) is 1. The van der Waals surface area contributed by atoms with Crippen LogP contribution in [0.25, 0.3) is 11.1 Å². The summed E-state index contributed by atoms with van der Waals surface area (Å²) in [4.78, 5) is 4.05. The van der Waals surface area contributed by atoms with Gasteiger partial charge in [-0.25, -0.2) is 4.99 Å². The molecule has 0 bridgehead atoms. The summed E-state index contributed by atoms with van der Waals surface area (Å²) in [7, 11) is 0. The van der Waals surface area contributed by atoms with Crippen molar-refractivity contribution in [3.63, 3.8) is 0 Å². The molecule has 0 saturated heterocycles. The topological polar surface area (TPSA) is 78.5 Å². The van der Waals surface area contributed by atoms with Crippen LogP contribution in [0.1, 0.15) is 11.1 Å². The molecule has 3 aromatic rings. The average Bonchev–Trinajstić information content (AvgIpc) is 2.78. The van der Waals surface area contributed by atoms with Gasteiger partial charge in [0.2, 0.25) is 0 Å². The van der Waals surface area contributed by atoms with Crippen molar-refractivity contribution in [2.24, 2.45) is 10.7 Å². The van der Waals surface area contributed by atoms with E-state index in [2.05, 4.69) is 4.99 Å². The van der Waals surface area contributed by atoms with Crippen LogP contribution in [0.15, 0.2) is 94.5 Å². The monoisotopic (exact) mass is 497 g/mol. The van der Waals surface area contributed by atoms with Gasteiger partial charge in [-0.05, 0) is 58.6 Å². The number of nitrogens with zero attached hydrogens (tertiary/aromatic N) is 1. The molecule has 3 rings (SSSR count). The fourth-order valence-corrected chi connectivity index (χ4v) is 3.41. The first-order valence-electron chi connectivity index (χ1n) is 9.45. The first kappa shape index (κ1) is 25.2. The summed E-state index contributed by atoms with van der Waals surface area (Å²) >= 11 is -2.44. The molecular formula is C23H15F6N2O2S-. The van der Waals surface area contributed by atoms with Gasteiger partial charge in [0.15, 0.2) is 0 Å². The second-order valence-corrected chi connectivity index (χ2v) is 7.89. The summed E-state index contributed by atoms with van der Waals surface area (Å²) < 4.78 is 102. The number of halogens is 6. The summed E-state index contributed by atoms with van der Waals surface area (Å²) in [5.74, 6) is 0. The SMILES string of the molecule is N/C(=C\C(=Nc1ccc(-c2cccc(S(=O)[O-])c2)cc1)c1ccccc1C(F)(F)F)C(F)(F)F. The van der Waals surface area contributed by atoms with E-state index < -0.39 is 46.0 Å². The van der Waals surface area contributed by atoms with E-state index in [0.29, 0.717) is 17.2 Å². The standard InChI is InChI=1S/C23H16F6N2O2S/c24-22(25,26)19-7-2-1-6-18(19)20(13-21(30)23(27,28)29)31-16-10-8-14(9-11-16)15-4-3-5-17(12-15)34(32)33/h1-13H,30H2,(H,32,33)/p-1/b21-13-,31-20?. The van der Waals surface area contributed by atoms with Gasteiger partial charge in [-0.1, -0.05) is 42.5 Å². The normalized spacial score (nSPS) is 14.2. The van der Waals surface area contributed by atoms with Gasteiger partial charge in [0.05, 0.1) is 17.0 Å². The molecule has 0 aliphatic heterocycles. The van der Waals surface area contributed by atoms with Crippen molar-refractivity contribution in [1.29, 1.82) is 0 Å². The van der Waals surface area contributed by atoms with Gasteiger partial charge in [0.1, 0.15) is 5.70 Å². The molecule has 11 heteroatoms. The average molecular weight is 497 g/mol. The maximum Gasteiger partial charge on any atom is 0.430 e. The van der Waals surface area contributed by atoms with E-state index in [9.17, 15) is 35.1 Å². The van der Waals surface area contributed by atoms with Crippen LogP contribution in [0.3, 0.4) is 0 Å². The number of benzene rings is 3. The van der Waals surface area contributed by atoms with E-state index in [-0.39, 0.29) is 10.6 Å². The Labute approximate surface area is 192 Å². The number of aliphatic imine (C=N–C) groups is 1. The molecule has 2 N–H and O–H groups in total. The number of allylic oxidation sites excluding steroid dienone is 2. The molecule has 4 nitrogen and oxygen atoms in total. The van der Waals surface area contributed by atoms with Gasteiger partial charge < -0.3 is 10.3 Å². The second-order valence-electron chi connectivity index (χ2n) is 6.95. The van der Waals surface area contributed by atoms with E-state index >= 15 is 0 Å². The van der Waals surface area contributed by atoms with Crippen molar-refractivity contribution in [3.05, 3.63) is 95.7 Å². The van der Waals surface area contributed by atoms with Gasteiger partial charge in [-0.3, -0.25) is 4.21 Å². The van der Waals surface area contributed by atoms with E-state index in [0.717, 1.165) is 18.2 Å². The summed E-state index contributed by atoms with van der Waals surface area (Å²) in [6, 6.07) is 15.9. The molecule has 34 heavy (non-hydrogen) atoms. The lowest BCUT2D eigenvalue weighted by Gasteiger charge is -2.14. The van der Waals surface area contributed by atoms with E-state index in [4.69, 9.17) is 5.73 Å². The highest BCUT2D eigenvalue weighted by molar-refractivity contribution is 7.79. The molecule has 1 unspecified atom stereocenters. The first-order chi connectivity index (χ1) is 15.9. The van der Waals surface area contributed by atoms with Gasteiger partial charge in [0.25, 0.3) is 0 Å². The van der Waals surface area contributed by atoms with Crippen LogP contribution in [-0.4, -0.2) is 20.6 Å². The molecule has 3 aromatic carbocycles. The van der Waals surface area contributed by atoms with Crippen molar-refractivity contribution in [2.75, 3.05) is 0 Å². The van der Waals surface area contributed by atoms with Crippen LogP contribution >= 0.6 is 0 Å². The van der Waals surface area contributed by atoms with Crippen molar-refractivity contribution < 1.29 is 35.1 Å². The minimum absolute atomic E-state index is 0.0541. The third kappa shape index (κ3) is 6.12. The van der Waals surface area contributed by atoms with Crippen LogP contribution in [0, 0.1) is 0 Å². The van der Waals surface area contributed by atoms with Crippen LogP contribution in [0.2, 0.25) is 0 Å². The zero-order valence-corrected chi connectivity index (χ0v) is 17.8. The third-order valence-corrected chi connectivity index (χ3v) is 5.24. The van der Waals surface area contributed by atoms with Crippen molar-refractivity contribution in [3.8, 4) is 11.1 Å². The molecule has 0 aliphatic carbocycles. The van der Waals surface area contributed by atoms with Crippen molar-refractivity contribution >= 4 is 22.5 Å². The predicted octanol–water partition coefficient (Wildman–Crippen LogP) is 6.14. The quantitative estimate of drug-likeness (QED) is 0.261. The highest BCUT2D eigenvalue weighted by Gasteiger charge is 2.35. The van der Waals surface area contributed by atoms with E-state index in [1.807, 2.05) is 0 Å². The molecule has 0 heterocycles. The predicted molar refractivity (Wildman–Crippen MR) is 115 cm³/mol. The Hall–Kier alpha value is -3.44. The molecule has 0 aliphatic rings. The Morgan fingerprint density at radius 2 is 1.53 bits per heavy atom. The molecule has 0 fully saturated rings. The fraction of sp³-hybridized carbons (Fsp3) is 0.0870. The van der Waals surface area contributed by atoms with Crippen LogP contribution in [0.4, 0.5) is 32.0 Å². The number of rotatable bonds is 5. The lowest BCUT2D eigenvalue weighted by atomic mass is 10.0. The zero-order valence-electron chi connectivity index (χ0n) is 17.0. The Kier molecular flexibility index (Phi) is 7.27. The molecular weight excluding hydrogens is 482 g/mol. The zero-order chi connectivity index (χ0) is 25.1. The van der Waals surface area contributed by atoms with Gasteiger partial charge in [-0.2, -0.15) is 26.3 Å². The van der Waals surface area contributed by atoms with Crippen molar-refractivity contribution in [2.45, 2.75) is 17.2 Å². The maximum atomic E-state index is 13.5. The maximum absolute atomic E-state index is 13.5. The minimum atomic E-state index is -4.97. The Bertz CT molecular complexity index is 1270. The Morgan fingerprint density at radius 3 is 2.12 bits per heavy atom. The molecule has 0 radical (unpaired) electrons. The van der Waals surface area contributed by atoms with Crippen LogP contribution in [-0.2, 0) is 17.3 Å². The number of hydrogen-bond donors (Lipinski definition) is 1. The smallest absolute Gasteiger partial charge is 0.430 e. The molecule has 178 valence electrons. The summed E-state index contributed by atoms with van der Waals surface area (Å²) in [6.07, 6.45) is -9.45. The van der Waals surface area contributed by atoms with Gasteiger partial charge in [-0.15, -0.1) is 0 Å². The van der Waals surface area contributed by atoms with Crippen LogP contribution < -0.4 is 5.73 Å². The van der Waals surface area contributed by atoms with Gasteiger partial charge in [0, 0.05) is 10.5 Å². The molecule has 0 amide bonds. The van der Waals surface area contributed by atoms with E-state index in [1.165, 1.54) is 48.5 Å². The van der Waals surface area contributed by atoms with Crippen LogP contribution in [0.5, 0.6) is 0 Å². The Balaban J connectivity index is 2.10. The minimum Gasteiger partial charge on any atom is -0.768 e. The number of alkyl halides is 6. The molecule has 1 atom stereocenters. The highest BCUT2D eigenvalue weighted by atomic mass is 32.2. The highest BCUT2D eigenvalue weighted by Crippen LogP contribution is 2.34. The summed E-state index contributed by atoms with van der Waals surface area (Å²) in [5.41, 5.74) is 2.26. The van der Waals surface area contributed by atoms with E-state index in [1.54, 1.807) is 6.07 Å². The lowest BCUT2D eigenvalue weighted by Crippen LogP contribution is -2.21. The Morgan fingerprint density at radius 1 is 0.882 bits per heavy atom.